The Balaban J connectivity index is 2.20. The largest absolute Gasteiger partial charge is 0.334 e. The fourth-order valence-electron chi connectivity index (χ4n) is 1.61. The minimum Gasteiger partial charge on any atom is -0.334 e. The summed E-state index contributed by atoms with van der Waals surface area (Å²) in [6.45, 7) is 0. The Bertz CT molecular complexity index is 649. The number of aromatic amines is 1. The van der Waals surface area contributed by atoms with Crippen molar-refractivity contribution in [3.05, 3.63) is 30.9 Å². The number of imidazole rings is 1. The van der Waals surface area contributed by atoms with Crippen molar-refractivity contribution in [1.82, 2.24) is 24.9 Å². The Morgan fingerprint density at radius 3 is 2.76 bits per heavy atom. The van der Waals surface area contributed by atoms with Gasteiger partial charge in [0.1, 0.15) is 22.7 Å². The molecule has 0 unspecified atom stereocenters. The minimum atomic E-state index is 0.691. The van der Waals surface area contributed by atoms with Gasteiger partial charge in [-0.1, -0.05) is 0 Å². The zero-order chi connectivity index (χ0) is 11.7. The topological polar surface area (TPSA) is 67.3 Å². The molecule has 5 nitrogen and oxygen atoms in total. The zero-order valence-electron chi connectivity index (χ0n) is 9.08. The van der Waals surface area contributed by atoms with E-state index in [9.17, 15) is 0 Å². The molecular formula is C11H9N5S. The number of aromatic nitrogens is 5. The van der Waals surface area contributed by atoms with Gasteiger partial charge >= 0.3 is 0 Å². The monoisotopic (exact) mass is 243 g/mol. The molecule has 84 valence electrons. The number of thioether (sulfide) groups is 1. The standard InChI is InChI=1S/C11H9N5S/c1-17-11-8-10(13-6-14-11)16-9(15-8)7-2-4-12-5-3-7/h2-6H,1H3,(H,13,14,15,16). The summed E-state index contributed by atoms with van der Waals surface area (Å²) in [7, 11) is 0. The summed E-state index contributed by atoms with van der Waals surface area (Å²) >= 11 is 1.57. The lowest BCUT2D eigenvalue weighted by molar-refractivity contribution is 1.09. The number of fused-ring (bicyclic) bond motifs is 1. The van der Waals surface area contributed by atoms with Crippen molar-refractivity contribution in [2.75, 3.05) is 6.26 Å². The Hall–Kier alpha value is -1.95. The first-order valence-electron chi connectivity index (χ1n) is 5.03. The van der Waals surface area contributed by atoms with E-state index in [4.69, 9.17) is 0 Å². The molecule has 1 N–H and O–H groups in total. The van der Waals surface area contributed by atoms with Crippen LogP contribution in [0.4, 0.5) is 0 Å². The molecule has 0 aliphatic carbocycles. The number of nitrogens with zero attached hydrogens (tertiary/aromatic N) is 4. The van der Waals surface area contributed by atoms with Crippen LogP contribution >= 0.6 is 11.8 Å². The van der Waals surface area contributed by atoms with Gasteiger partial charge in [-0.15, -0.1) is 11.8 Å². The summed E-state index contributed by atoms with van der Waals surface area (Å²) in [5.74, 6) is 0.790. The van der Waals surface area contributed by atoms with E-state index in [-0.39, 0.29) is 0 Å². The quantitative estimate of drug-likeness (QED) is 0.551. The summed E-state index contributed by atoms with van der Waals surface area (Å²) in [6.07, 6.45) is 6.99. The van der Waals surface area contributed by atoms with Crippen molar-refractivity contribution >= 4 is 22.9 Å². The molecule has 3 rings (SSSR count). The number of rotatable bonds is 2. The Kier molecular flexibility index (Phi) is 2.49. The van der Waals surface area contributed by atoms with Crippen molar-refractivity contribution in [2.45, 2.75) is 5.03 Å². The molecule has 3 heterocycles. The molecule has 6 heteroatoms. The van der Waals surface area contributed by atoms with E-state index in [1.165, 1.54) is 6.33 Å². The molecule has 3 aromatic heterocycles. The van der Waals surface area contributed by atoms with Gasteiger partial charge in [0.25, 0.3) is 0 Å². The number of hydrogen-bond acceptors (Lipinski definition) is 5. The van der Waals surface area contributed by atoms with Gasteiger partial charge in [0.05, 0.1) is 0 Å². The molecule has 0 aliphatic heterocycles. The predicted molar refractivity (Wildman–Crippen MR) is 66.7 cm³/mol. The van der Waals surface area contributed by atoms with E-state index in [2.05, 4.69) is 24.9 Å². The average molecular weight is 243 g/mol. The SMILES string of the molecule is CSc1ncnc2nc(-c3ccncc3)[nH]c12. The first kappa shape index (κ1) is 10.2. The maximum atomic E-state index is 4.44. The van der Waals surface area contributed by atoms with Crippen LogP contribution in [0.5, 0.6) is 0 Å². The lowest BCUT2D eigenvalue weighted by Crippen LogP contribution is -1.83. The molecule has 0 atom stereocenters. The third kappa shape index (κ3) is 1.76. The van der Waals surface area contributed by atoms with Crippen LogP contribution in [0, 0.1) is 0 Å². The molecule has 0 amide bonds. The van der Waals surface area contributed by atoms with Gasteiger partial charge in [-0.3, -0.25) is 4.98 Å². The molecule has 17 heavy (non-hydrogen) atoms. The van der Waals surface area contributed by atoms with E-state index < -0.39 is 0 Å². The molecule has 0 radical (unpaired) electrons. The first-order chi connectivity index (χ1) is 8.38. The average Bonchev–Trinajstić information content (AvgIpc) is 2.83. The number of hydrogen-bond donors (Lipinski definition) is 1. The summed E-state index contributed by atoms with van der Waals surface area (Å²) < 4.78 is 0. The summed E-state index contributed by atoms with van der Waals surface area (Å²) in [5.41, 5.74) is 2.56. The van der Waals surface area contributed by atoms with Gasteiger partial charge in [-0.05, 0) is 18.4 Å². The van der Waals surface area contributed by atoms with Crippen LogP contribution in [0.2, 0.25) is 0 Å². The van der Waals surface area contributed by atoms with Crippen molar-refractivity contribution in [3.63, 3.8) is 0 Å². The Labute approximate surface area is 102 Å². The molecule has 0 fully saturated rings. The third-order valence-corrected chi connectivity index (χ3v) is 3.10. The van der Waals surface area contributed by atoms with Crippen LogP contribution in [0.15, 0.2) is 35.9 Å². The van der Waals surface area contributed by atoms with Gasteiger partial charge in [0.2, 0.25) is 0 Å². The molecule has 0 aliphatic rings. The second-order valence-electron chi connectivity index (χ2n) is 3.40. The van der Waals surface area contributed by atoms with Crippen molar-refractivity contribution in [1.29, 1.82) is 0 Å². The van der Waals surface area contributed by atoms with Crippen LogP contribution in [-0.2, 0) is 0 Å². The van der Waals surface area contributed by atoms with E-state index in [1.807, 2.05) is 18.4 Å². The van der Waals surface area contributed by atoms with Gasteiger partial charge in [0, 0.05) is 18.0 Å². The molecule has 0 spiro atoms. The van der Waals surface area contributed by atoms with Crippen molar-refractivity contribution in [3.8, 4) is 11.4 Å². The molecule has 0 bridgehead atoms. The third-order valence-electron chi connectivity index (χ3n) is 2.40. The highest BCUT2D eigenvalue weighted by atomic mass is 32.2. The van der Waals surface area contributed by atoms with Crippen LogP contribution in [-0.4, -0.2) is 31.2 Å². The predicted octanol–water partition coefficient (Wildman–Crippen LogP) is 2.14. The molecular weight excluding hydrogens is 234 g/mol. The lowest BCUT2D eigenvalue weighted by atomic mass is 10.3. The lowest BCUT2D eigenvalue weighted by Gasteiger charge is -1.94. The molecule has 0 aromatic carbocycles. The highest BCUT2D eigenvalue weighted by molar-refractivity contribution is 7.98. The smallest absolute Gasteiger partial charge is 0.182 e. The van der Waals surface area contributed by atoms with Gasteiger partial charge < -0.3 is 4.98 Å². The van der Waals surface area contributed by atoms with Gasteiger partial charge in [-0.25, -0.2) is 15.0 Å². The molecule has 3 aromatic rings. The maximum absolute atomic E-state index is 4.44. The highest BCUT2D eigenvalue weighted by Gasteiger charge is 2.09. The van der Waals surface area contributed by atoms with Crippen LogP contribution in [0.3, 0.4) is 0 Å². The van der Waals surface area contributed by atoms with Crippen LogP contribution < -0.4 is 0 Å². The van der Waals surface area contributed by atoms with E-state index >= 15 is 0 Å². The number of H-pyrrole nitrogens is 1. The van der Waals surface area contributed by atoms with E-state index in [0.717, 1.165) is 21.9 Å². The fourth-order valence-corrected chi connectivity index (χ4v) is 2.11. The zero-order valence-corrected chi connectivity index (χ0v) is 9.90. The van der Waals surface area contributed by atoms with Gasteiger partial charge in [0.15, 0.2) is 5.65 Å². The van der Waals surface area contributed by atoms with Crippen molar-refractivity contribution in [2.24, 2.45) is 0 Å². The van der Waals surface area contributed by atoms with E-state index in [1.54, 1.807) is 24.2 Å². The Morgan fingerprint density at radius 2 is 2.00 bits per heavy atom. The minimum absolute atomic E-state index is 0.691. The first-order valence-corrected chi connectivity index (χ1v) is 6.26. The number of pyridine rings is 1. The summed E-state index contributed by atoms with van der Waals surface area (Å²) in [4.78, 5) is 20.0. The van der Waals surface area contributed by atoms with E-state index in [0.29, 0.717) is 5.65 Å². The van der Waals surface area contributed by atoms with Crippen molar-refractivity contribution < 1.29 is 0 Å². The van der Waals surface area contributed by atoms with Crippen LogP contribution in [0.1, 0.15) is 0 Å². The normalized spacial score (nSPS) is 10.9. The second kappa shape index (κ2) is 4.14. The number of nitrogens with one attached hydrogen (secondary N) is 1. The molecule has 0 saturated carbocycles. The second-order valence-corrected chi connectivity index (χ2v) is 4.20. The van der Waals surface area contributed by atoms with Gasteiger partial charge in [-0.2, -0.15) is 0 Å². The molecule has 0 saturated heterocycles. The maximum Gasteiger partial charge on any atom is 0.182 e. The summed E-state index contributed by atoms with van der Waals surface area (Å²) in [5, 5.41) is 0.905. The fraction of sp³-hybridized carbons (Fsp3) is 0.0909. The van der Waals surface area contributed by atoms with Crippen LogP contribution in [0.25, 0.3) is 22.6 Å². The summed E-state index contributed by atoms with van der Waals surface area (Å²) in [6, 6.07) is 3.81. The Morgan fingerprint density at radius 1 is 1.18 bits per heavy atom. The highest BCUT2D eigenvalue weighted by Crippen LogP contribution is 2.24.